The van der Waals surface area contributed by atoms with E-state index in [1.54, 1.807) is 18.2 Å². The van der Waals surface area contributed by atoms with E-state index >= 15 is 0 Å². The number of nitriles is 2. The molecule has 1 aliphatic rings. The van der Waals surface area contributed by atoms with Crippen molar-refractivity contribution < 1.29 is 0 Å². The van der Waals surface area contributed by atoms with Crippen molar-refractivity contribution >= 4 is 11.4 Å². The van der Waals surface area contributed by atoms with Crippen LogP contribution in [0.2, 0.25) is 0 Å². The number of allylic oxidation sites excluding steroid dienone is 5. The summed E-state index contributed by atoms with van der Waals surface area (Å²) in [7, 11) is 0. The van der Waals surface area contributed by atoms with Crippen LogP contribution >= 0.6 is 0 Å². The molecule has 0 bridgehead atoms. The molecule has 0 amide bonds. The highest BCUT2D eigenvalue weighted by atomic mass is 14.9. The molecule has 1 aliphatic heterocycles. The molecule has 4 heteroatoms. The van der Waals surface area contributed by atoms with E-state index in [-0.39, 0.29) is 11.4 Å². The van der Waals surface area contributed by atoms with Crippen molar-refractivity contribution in [2.45, 2.75) is 26.2 Å². The Balaban J connectivity index is 3.68. The van der Waals surface area contributed by atoms with E-state index in [2.05, 4.69) is 29.7 Å². The molecule has 0 fully saturated rings. The lowest BCUT2D eigenvalue weighted by Gasteiger charge is -2.32. The zero-order valence-electron chi connectivity index (χ0n) is 12.3. The summed E-state index contributed by atoms with van der Waals surface area (Å²) >= 11 is 0. The third-order valence-corrected chi connectivity index (χ3v) is 3.53. The average Bonchev–Trinajstić information content (AvgIpc) is 2.58. The van der Waals surface area contributed by atoms with Gasteiger partial charge in [-0.3, -0.25) is 0 Å². The first-order chi connectivity index (χ1) is 10.1. The van der Waals surface area contributed by atoms with Crippen molar-refractivity contribution in [3.05, 3.63) is 49.4 Å². The van der Waals surface area contributed by atoms with Crippen molar-refractivity contribution in [1.82, 2.24) is 0 Å². The number of nitrogens with zero attached hydrogens (tertiary/aromatic N) is 4. The van der Waals surface area contributed by atoms with Gasteiger partial charge >= 0.3 is 0 Å². The Bertz CT molecular complexity index is 623. The Morgan fingerprint density at radius 2 is 1.52 bits per heavy atom. The van der Waals surface area contributed by atoms with E-state index in [0.29, 0.717) is 19.3 Å². The summed E-state index contributed by atoms with van der Waals surface area (Å²) in [6.45, 7) is 13.2. The first kappa shape index (κ1) is 16.3. The molecule has 0 unspecified atom stereocenters. The van der Waals surface area contributed by atoms with E-state index in [9.17, 15) is 10.5 Å². The zero-order chi connectivity index (χ0) is 15.9. The summed E-state index contributed by atoms with van der Waals surface area (Å²) in [5.41, 5.74) is 1.10. The minimum absolute atomic E-state index is 0.0451. The second-order valence-corrected chi connectivity index (χ2v) is 4.74. The molecule has 0 aliphatic carbocycles. The van der Waals surface area contributed by atoms with Crippen molar-refractivity contribution in [2.75, 3.05) is 0 Å². The SMILES string of the molecule is C=CCC1=NC(C#N)=C(C#N)N=C(C)C1(CC=C)CC=C. The molecule has 0 atom stereocenters. The third-order valence-electron chi connectivity index (χ3n) is 3.53. The van der Waals surface area contributed by atoms with E-state index in [4.69, 9.17) is 0 Å². The highest BCUT2D eigenvalue weighted by molar-refractivity contribution is 6.13. The maximum Gasteiger partial charge on any atom is 0.176 e. The quantitative estimate of drug-likeness (QED) is 0.692. The van der Waals surface area contributed by atoms with Crippen molar-refractivity contribution in [3.8, 4) is 12.1 Å². The van der Waals surface area contributed by atoms with Gasteiger partial charge < -0.3 is 0 Å². The van der Waals surface area contributed by atoms with Gasteiger partial charge in [-0.25, -0.2) is 9.98 Å². The summed E-state index contributed by atoms with van der Waals surface area (Å²) in [5.74, 6) is 0. The van der Waals surface area contributed by atoms with Crippen LogP contribution in [0.25, 0.3) is 0 Å². The molecular weight excluding hydrogens is 260 g/mol. The smallest absolute Gasteiger partial charge is 0.176 e. The monoisotopic (exact) mass is 278 g/mol. The van der Waals surface area contributed by atoms with E-state index < -0.39 is 5.41 Å². The van der Waals surface area contributed by atoms with Gasteiger partial charge in [-0.05, 0) is 19.8 Å². The second kappa shape index (κ2) is 7.17. The lowest BCUT2D eigenvalue weighted by molar-refractivity contribution is 0.583. The van der Waals surface area contributed by atoms with Crippen LogP contribution in [0, 0.1) is 28.1 Å². The Morgan fingerprint density at radius 3 is 1.95 bits per heavy atom. The number of rotatable bonds is 6. The molecule has 0 aromatic heterocycles. The second-order valence-electron chi connectivity index (χ2n) is 4.74. The molecule has 0 aromatic carbocycles. The Morgan fingerprint density at radius 1 is 1.00 bits per heavy atom. The van der Waals surface area contributed by atoms with E-state index in [1.165, 1.54) is 0 Å². The van der Waals surface area contributed by atoms with Crippen molar-refractivity contribution in [2.24, 2.45) is 15.4 Å². The molecular formula is C17H18N4. The van der Waals surface area contributed by atoms with E-state index in [1.807, 2.05) is 19.1 Å². The maximum absolute atomic E-state index is 9.22. The fourth-order valence-electron chi connectivity index (χ4n) is 2.47. The number of hydrogen-bond acceptors (Lipinski definition) is 4. The Labute approximate surface area is 125 Å². The average molecular weight is 278 g/mol. The molecule has 106 valence electrons. The molecule has 0 saturated carbocycles. The van der Waals surface area contributed by atoms with Crippen molar-refractivity contribution in [1.29, 1.82) is 10.5 Å². The molecule has 0 N–H and O–H groups in total. The van der Waals surface area contributed by atoms with Crippen LogP contribution in [-0.4, -0.2) is 11.4 Å². The standard InChI is InChI=1S/C17H18N4/c1-5-8-16-17(9-6-2,10-7-3)13(4)20-14(11-18)15(12-19)21-16/h5-7H,1-3,8-10H2,4H3. The van der Waals surface area contributed by atoms with Crippen LogP contribution in [0.1, 0.15) is 26.2 Å². The largest absolute Gasteiger partial charge is 0.243 e. The molecule has 1 rings (SSSR count). The topological polar surface area (TPSA) is 72.3 Å². The highest BCUT2D eigenvalue weighted by Crippen LogP contribution is 2.36. The number of aliphatic imine (C=N–C) groups is 2. The van der Waals surface area contributed by atoms with Crippen LogP contribution in [0.15, 0.2) is 59.3 Å². The van der Waals surface area contributed by atoms with Crippen LogP contribution in [0.3, 0.4) is 0 Å². The van der Waals surface area contributed by atoms with Gasteiger partial charge in [-0.2, -0.15) is 10.5 Å². The molecule has 0 saturated heterocycles. The lowest BCUT2D eigenvalue weighted by Crippen LogP contribution is -2.37. The predicted molar refractivity (Wildman–Crippen MR) is 85.7 cm³/mol. The van der Waals surface area contributed by atoms with Gasteiger partial charge in [0.15, 0.2) is 11.4 Å². The minimum atomic E-state index is -0.502. The Hall–Kier alpha value is -2.72. The van der Waals surface area contributed by atoms with Crippen molar-refractivity contribution in [3.63, 3.8) is 0 Å². The van der Waals surface area contributed by atoms with Crippen LogP contribution in [0.5, 0.6) is 0 Å². The number of hydrogen-bond donors (Lipinski definition) is 0. The fourth-order valence-corrected chi connectivity index (χ4v) is 2.47. The van der Waals surface area contributed by atoms with Gasteiger partial charge in [0.25, 0.3) is 0 Å². The Kier molecular flexibility index (Phi) is 5.57. The molecule has 21 heavy (non-hydrogen) atoms. The molecule has 0 radical (unpaired) electrons. The predicted octanol–water partition coefficient (Wildman–Crippen LogP) is 3.88. The summed E-state index contributed by atoms with van der Waals surface area (Å²) in [6, 6.07) is 3.90. The van der Waals surface area contributed by atoms with Gasteiger partial charge in [0.05, 0.1) is 5.41 Å². The van der Waals surface area contributed by atoms with Gasteiger partial charge in [0.1, 0.15) is 12.1 Å². The third kappa shape index (κ3) is 3.07. The van der Waals surface area contributed by atoms with Crippen LogP contribution in [0.4, 0.5) is 0 Å². The summed E-state index contributed by atoms with van der Waals surface area (Å²) < 4.78 is 0. The van der Waals surface area contributed by atoms with Gasteiger partial charge in [0.2, 0.25) is 0 Å². The summed E-state index contributed by atoms with van der Waals surface area (Å²) in [6.07, 6.45) is 7.06. The maximum atomic E-state index is 9.22. The van der Waals surface area contributed by atoms with E-state index in [0.717, 1.165) is 11.4 Å². The molecule has 0 spiro atoms. The summed E-state index contributed by atoms with van der Waals surface area (Å²) in [5, 5.41) is 18.4. The lowest BCUT2D eigenvalue weighted by atomic mass is 9.72. The molecule has 1 heterocycles. The molecule has 0 aromatic rings. The fraction of sp³-hybridized carbons (Fsp3) is 0.294. The van der Waals surface area contributed by atoms with Gasteiger partial charge in [-0.1, -0.05) is 18.2 Å². The van der Waals surface area contributed by atoms with Gasteiger partial charge in [0, 0.05) is 17.8 Å². The summed E-state index contributed by atoms with van der Waals surface area (Å²) in [4.78, 5) is 8.75. The van der Waals surface area contributed by atoms with Crippen LogP contribution < -0.4 is 0 Å². The minimum Gasteiger partial charge on any atom is -0.243 e. The zero-order valence-corrected chi connectivity index (χ0v) is 12.3. The van der Waals surface area contributed by atoms with Gasteiger partial charge in [-0.15, -0.1) is 19.7 Å². The molecule has 4 nitrogen and oxygen atoms in total. The normalized spacial score (nSPS) is 16.7. The first-order valence-electron chi connectivity index (χ1n) is 6.60. The van der Waals surface area contributed by atoms with Crippen LogP contribution in [-0.2, 0) is 0 Å². The highest BCUT2D eigenvalue weighted by Gasteiger charge is 2.38. The first-order valence-corrected chi connectivity index (χ1v) is 6.60.